The number of urea groups is 1. The van der Waals surface area contributed by atoms with Crippen LogP contribution in [0.3, 0.4) is 0 Å². The van der Waals surface area contributed by atoms with Gasteiger partial charge >= 0.3 is 6.03 Å². The van der Waals surface area contributed by atoms with Gasteiger partial charge in [0.25, 0.3) is 5.56 Å². The first-order valence-electron chi connectivity index (χ1n) is 10.7. The number of carbonyl (C=O) groups excluding carboxylic acids is 1. The highest BCUT2D eigenvalue weighted by atomic mass is 19.1. The van der Waals surface area contributed by atoms with Crippen LogP contribution in [0.1, 0.15) is 20.8 Å². The van der Waals surface area contributed by atoms with Crippen molar-refractivity contribution in [1.29, 1.82) is 0 Å². The number of benzene rings is 1. The summed E-state index contributed by atoms with van der Waals surface area (Å²) in [6.45, 7) is 5.95. The first kappa shape index (κ1) is 23.0. The molecular formula is C24H26FN7O2. The van der Waals surface area contributed by atoms with E-state index in [1.165, 1.54) is 29.0 Å². The molecule has 3 N–H and O–H groups in total. The van der Waals surface area contributed by atoms with Gasteiger partial charge in [-0.25, -0.2) is 14.2 Å². The van der Waals surface area contributed by atoms with Crippen molar-refractivity contribution in [3.63, 3.8) is 0 Å². The number of pyridine rings is 2. The summed E-state index contributed by atoms with van der Waals surface area (Å²) < 4.78 is 17.7. The summed E-state index contributed by atoms with van der Waals surface area (Å²) in [4.78, 5) is 29.8. The Hall–Kier alpha value is -4.21. The fraction of sp³-hybridized carbons (Fsp3) is 0.250. The predicted octanol–water partition coefficient (Wildman–Crippen LogP) is 4.38. The van der Waals surface area contributed by atoms with Crippen molar-refractivity contribution in [2.45, 2.75) is 26.3 Å². The molecule has 9 nitrogen and oxygen atoms in total. The minimum absolute atomic E-state index is 0.0518. The Morgan fingerprint density at radius 3 is 2.53 bits per heavy atom. The molecule has 34 heavy (non-hydrogen) atoms. The highest BCUT2D eigenvalue weighted by Crippen LogP contribution is 2.26. The van der Waals surface area contributed by atoms with Crippen molar-refractivity contribution in [2.75, 3.05) is 23.0 Å². The Morgan fingerprint density at radius 1 is 1.09 bits per heavy atom. The van der Waals surface area contributed by atoms with E-state index in [0.717, 1.165) is 5.39 Å². The fourth-order valence-electron chi connectivity index (χ4n) is 3.54. The second-order valence-corrected chi connectivity index (χ2v) is 8.92. The van der Waals surface area contributed by atoms with Crippen LogP contribution in [0.5, 0.6) is 0 Å². The summed E-state index contributed by atoms with van der Waals surface area (Å²) in [5.41, 5.74) is 1.47. The number of aryl methyl sites for hydroxylation is 1. The smallest absolute Gasteiger partial charge is 0.323 e. The molecule has 0 aliphatic rings. The van der Waals surface area contributed by atoms with Gasteiger partial charge in [0, 0.05) is 43.5 Å². The molecule has 3 aromatic heterocycles. The number of carbonyl (C=O) groups is 1. The maximum Gasteiger partial charge on any atom is 0.323 e. The number of anilines is 3. The third-order valence-corrected chi connectivity index (χ3v) is 5.42. The number of nitrogens with one attached hydrogen (secondary N) is 3. The standard InChI is InChI=1S/C24H26FN7O2/c1-24(2,3)32-13-16(12-28-32)29-23(34)30-19-9-14(6-7-18(19)25)17-8-15-11-27-21(26-4)10-20(15)31(5)22(17)33/h6-13H,1-5H3,(H,26,27)(H2,29,30,34). The molecule has 0 aliphatic heterocycles. The maximum atomic E-state index is 14.5. The molecule has 4 aromatic rings. The largest absolute Gasteiger partial charge is 0.373 e. The van der Waals surface area contributed by atoms with E-state index in [9.17, 15) is 14.0 Å². The lowest BCUT2D eigenvalue weighted by Crippen LogP contribution is -2.22. The lowest BCUT2D eigenvalue weighted by atomic mass is 10.0. The summed E-state index contributed by atoms with van der Waals surface area (Å²) in [5, 5.41) is 13.1. The predicted molar refractivity (Wildman–Crippen MR) is 132 cm³/mol. The maximum absolute atomic E-state index is 14.5. The van der Waals surface area contributed by atoms with Gasteiger partial charge in [0.05, 0.1) is 28.6 Å². The Labute approximate surface area is 195 Å². The van der Waals surface area contributed by atoms with Gasteiger partial charge in [-0.15, -0.1) is 0 Å². The molecule has 0 fully saturated rings. The summed E-state index contributed by atoms with van der Waals surface area (Å²) in [5.74, 6) is 0.0183. The summed E-state index contributed by atoms with van der Waals surface area (Å²) >= 11 is 0. The van der Waals surface area contributed by atoms with Crippen LogP contribution in [0, 0.1) is 5.82 Å². The van der Waals surface area contributed by atoms with Crippen LogP contribution in [-0.4, -0.2) is 32.4 Å². The van der Waals surface area contributed by atoms with Crippen molar-refractivity contribution < 1.29 is 9.18 Å². The quantitative estimate of drug-likeness (QED) is 0.417. The van der Waals surface area contributed by atoms with E-state index in [-0.39, 0.29) is 16.8 Å². The third-order valence-electron chi connectivity index (χ3n) is 5.42. The van der Waals surface area contributed by atoms with Crippen LogP contribution >= 0.6 is 0 Å². The number of hydrogen-bond donors (Lipinski definition) is 3. The zero-order valence-corrected chi connectivity index (χ0v) is 19.6. The average Bonchev–Trinajstić information content (AvgIpc) is 3.26. The third kappa shape index (κ3) is 4.47. The van der Waals surface area contributed by atoms with Crippen molar-refractivity contribution in [2.24, 2.45) is 7.05 Å². The van der Waals surface area contributed by atoms with Crippen LogP contribution in [-0.2, 0) is 12.6 Å². The van der Waals surface area contributed by atoms with Gasteiger partial charge in [0.1, 0.15) is 11.6 Å². The minimum atomic E-state index is -0.625. The molecule has 0 bridgehead atoms. The molecule has 0 spiro atoms. The highest BCUT2D eigenvalue weighted by Gasteiger charge is 2.16. The zero-order chi connectivity index (χ0) is 24.6. The number of amides is 2. The summed E-state index contributed by atoms with van der Waals surface area (Å²) in [7, 11) is 3.42. The first-order chi connectivity index (χ1) is 16.1. The molecule has 3 heterocycles. The molecule has 0 atom stereocenters. The Bertz CT molecular complexity index is 1450. The average molecular weight is 464 g/mol. The molecule has 0 aliphatic carbocycles. The molecule has 176 valence electrons. The topological polar surface area (TPSA) is 106 Å². The van der Waals surface area contributed by atoms with E-state index in [1.54, 1.807) is 43.3 Å². The number of rotatable bonds is 4. The lowest BCUT2D eigenvalue weighted by Gasteiger charge is -2.18. The van der Waals surface area contributed by atoms with Crippen LogP contribution in [0.4, 0.5) is 26.4 Å². The van der Waals surface area contributed by atoms with E-state index in [0.29, 0.717) is 28.1 Å². The van der Waals surface area contributed by atoms with Crippen LogP contribution in [0.2, 0.25) is 0 Å². The van der Waals surface area contributed by atoms with Gasteiger partial charge in [-0.1, -0.05) is 6.07 Å². The van der Waals surface area contributed by atoms with Gasteiger partial charge in [-0.2, -0.15) is 5.10 Å². The molecule has 0 saturated carbocycles. The van der Waals surface area contributed by atoms with Crippen LogP contribution < -0.4 is 21.5 Å². The monoisotopic (exact) mass is 463 g/mol. The first-order valence-corrected chi connectivity index (χ1v) is 10.7. The normalized spacial score (nSPS) is 11.5. The van der Waals surface area contributed by atoms with E-state index in [4.69, 9.17) is 0 Å². The lowest BCUT2D eigenvalue weighted by molar-refractivity contribution is 0.262. The number of halogens is 1. The molecule has 10 heteroatoms. The van der Waals surface area contributed by atoms with Crippen LogP contribution in [0.15, 0.2) is 53.7 Å². The Morgan fingerprint density at radius 2 is 1.85 bits per heavy atom. The van der Waals surface area contributed by atoms with Gasteiger partial charge in [0.2, 0.25) is 0 Å². The van der Waals surface area contributed by atoms with Gasteiger partial charge in [-0.3, -0.25) is 9.48 Å². The molecular weight excluding hydrogens is 437 g/mol. The number of hydrogen-bond acceptors (Lipinski definition) is 5. The van der Waals surface area contributed by atoms with E-state index in [2.05, 4.69) is 26.0 Å². The summed E-state index contributed by atoms with van der Waals surface area (Å²) in [6, 6.07) is 7.02. The van der Waals surface area contributed by atoms with E-state index >= 15 is 0 Å². The molecule has 1 aromatic carbocycles. The molecule has 0 unspecified atom stereocenters. The van der Waals surface area contributed by atoms with E-state index < -0.39 is 11.8 Å². The highest BCUT2D eigenvalue weighted by molar-refractivity contribution is 6.00. The minimum Gasteiger partial charge on any atom is -0.373 e. The number of fused-ring (bicyclic) bond motifs is 1. The van der Waals surface area contributed by atoms with Gasteiger partial charge in [0.15, 0.2) is 0 Å². The van der Waals surface area contributed by atoms with Crippen molar-refractivity contribution in [3.8, 4) is 11.1 Å². The number of nitrogens with zero attached hydrogens (tertiary/aromatic N) is 4. The summed E-state index contributed by atoms with van der Waals surface area (Å²) in [6.07, 6.45) is 4.88. The van der Waals surface area contributed by atoms with Gasteiger partial charge < -0.3 is 20.5 Å². The zero-order valence-electron chi connectivity index (χ0n) is 19.6. The SMILES string of the molecule is CNc1cc2c(cn1)cc(-c1ccc(F)c(NC(=O)Nc3cnn(C(C)(C)C)c3)c1)c(=O)n2C. The van der Waals surface area contributed by atoms with Crippen molar-refractivity contribution in [1.82, 2.24) is 19.3 Å². The molecule has 0 radical (unpaired) electrons. The number of aromatic nitrogens is 4. The van der Waals surface area contributed by atoms with Crippen molar-refractivity contribution in [3.05, 3.63) is 65.1 Å². The Balaban J connectivity index is 1.63. The van der Waals surface area contributed by atoms with Crippen molar-refractivity contribution >= 4 is 34.1 Å². The molecule has 2 amide bonds. The fourth-order valence-corrected chi connectivity index (χ4v) is 3.54. The van der Waals surface area contributed by atoms with Gasteiger partial charge in [-0.05, 0) is 44.5 Å². The molecule has 0 saturated heterocycles. The second kappa shape index (κ2) is 8.62. The second-order valence-electron chi connectivity index (χ2n) is 8.92. The molecule has 4 rings (SSSR count). The van der Waals surface area contributed by atoms with E-state index in [1.807, 2.05) is 20.8 Å². The Kier molecular flexibility index (Phi) is 5.82. The van der Waals surface area contributed by atoms with Crippen LogP contribution in [0.25, 0.3) is 22.0 Å².